The molecule has 0 bridgehead atoms. The normalized spacial score (nSPS) is 9.75. The van der Waals surface area contributed by atoms with E-state index in [9.17, 15) is 9.18 Å². The molecule has 60 valence electrons. The highest BCUT2D eigenvalue weighted by atomic mass is 19.1. The molecule has 0 fully saturated rings. The molecule has 0 N–H and O–H groups in total. The molecule has 1 aromatic carbocycles. The van der Waals surface area contributed by atoms with Crippen molar-refractivity contribution >= 4 is 12.2 Å². The zero-order valence-corrected chi connectivity index (χ0v) is 6.20. The standard InChI is InChI=1S/C9H6FNO/c10-9-4-2-1-3-8(9)5-6-11-7-12/h1-6H/b6-5+. The van der Waals surface area contributed by atoms with Crippen LogP contribution in [0.1, 0.15) is 5.56 Å². The second-order valence-corrected chi connectivity index (χ2v) is 2.06. The van der Waals surface area contributed by atoms with E-state index in [2.05, 4.69) is 4.99 Å². The number of halogens is 1. The number of rotatable bonds is 2. The van der Waals surface area contributed by atoms with E-state index in [4.69, 9.17) is 0 Å². The Morgan fingerprint density at radius 3 is 2.83 bits per heavy atom. The summed E-state index contributed by atoms with van der Waals surface area (Å²) in [4.78, 5) is 12.8. The van der Waals surface area contributed by atoms with Crippen LogP contribution < -0.4 is 0 Å². The molecule has 0 saturated carbocycles. The fraction of sp³-hybridized carbons (Fsp3) is 0. The highest BCUT2D eigenvalue weighted by Gasteiger charge is 1.93. The zero-order chi connectivity index (χ0) is 8.81. The third-order valence-electron chi connectivity index (χ3n) is 1.29. The Balaban J connectivity index is 2.89. The molecule has 0 unspecified atom stereocenters. The van der Waals surface area contributed by atoms with Crippen molar-refractivity contribution in [2.75, 3.05) is 0 Å². The quantitative estimate of drug-likeness (QED) is 0.485. The lowest BCUT2D eigenvalue weighted by Crippen LogP contribution is -1.78. The minimum absolute atomic E-state index is 0.338. The summed E-state index contributed by atoms with van der Waals surface area (Å²) in [7, 11) is 0. The summed E-state index contributed by atoms with van der Waals surface area (Å²) in [5.41, 5.74) is 0.400. The monoisotopic (exact) mass is 163 g/mol. The van der Waals surface area contributed by atoms with Crippen molar-refractivity contribution in [1.29, 1.82) is 0 Å². The number of hydrogen-bond donors (Lipinski definition) is 0. The van der Waals surface area contributed by atoms with Gasteiger partial charge in [0.15, 0.2) is 0 Å². The van der Waals surface area contributed by atoms with Crippen LogP contribution in [-0.2, 0) is 4.79 Å². The van der Waals surface area contributed by atoms with Crippen molar-refractivity contribution < 1.29 is 9.18 Å². The summed E-state index contributed by atoms with van der Waals surface area (Å²) in [6.07, 6.45) is 3.93. The first-order chi connectivity index (χ1) is 5.84. The van der Waals surface area contributed by atoms with Gasteiger partial charge in [0.05, 0.1) is 0 Å². The summed E-state index contributed by atoms with van der Waals surface area (Å²) in [6, 6.07) is 6.22. The van der Waals surface area contributed by atoms with Gasteiger partial charge in [-0.25, -0.2) is 9.18 Å². The van der Waals surface area contributed by atoms with Crippen LogP contribution in [0.5, 0.6) is 0 Å². The molecule has 3 heteroatoms. The van der Waals surface area contributed by atoms with Crippen molar-refractivity contribution in [2.45, 2.75) is 0 Å². The van der Waals surface area contributed by atoms with Crippen LogP contribution in [0.3, 0.4) is 0 Å². The maximum atomic E-state index is 12.8. The number of isocyanates is 1. The predicted octanol–water partition coefficient (Wildman–Crippen LogP) is 2.13. The number of carbonyl (C=O) groups excluding carboxylic acids is 1. The van der Waals surface area contributed by atoms with Crippen molar-refractivity contribution in [3.8, 4) is 0 Å². The topological polar surface area (TPSA) is 29.4 Å². The fourth-order valence-electron chi connectivity index (χ4n) is 0.758. The Bertz CT molecular complexity index is 340. The second-order valence-electron chi connectivity index (χ2n) is 2.06. The molecule has 1 aromatic rings. The van der Waals surface area contributed by atoms with Crippen LogP contribution in [0, 0.1) is 5.82 Å². The minimum atomic E-state index is -0.338. The summed E-state index contributed by atoms with van der Waals surface area (Å²) < 4.78 is 12.8. The number of aliphatic imine (C=N–C) groups is 1. The molecule has 0 aliphatic carbocycles. The van der Waals surface area contributed by atoms with Crippen LogP contribution >= 0.6 is 0 Å². The lowest BCUT2D eigenvalue weighted by Gasteiger charge is -1.92. The number of nitrogens with zero attached hydrogens (tertiary/aromatic N) is 1. The summed E-state index contributed by atoms with van der Waals surface area (Å²) >= 11 is 0. The summed E-state index contributed by atoms with van der Waals surface area (Å²) in [5.74, 6) is -0.338. The van der Waals surface area contributed by atoms with E-state index in [1.54, 1.807) is 18.2 Å². The highest BCUT2D eigenvalue weighted by molar-refractivity contribution is 5.51. The molecule has 0 heterocycles. The SMILES string of the molecule is O=C=N/C=C/c1ccccc1F. The van der Waals surface area contributed by atoms with Crippen molar-refractivity contribution in [1.82, 2.24) is 0 Å². The predicted molar refractivity (Wildman–Crippen MR) is 43.6 cm³/mol. The molecule has 0 atom stereocenters. The molecule has 2 nitrogen and oxygen atoms in total. The van der Waals surface area contributed by atoms with Gasteiger partial charge in [-0.05, 0) is 12.1 Å². The number of hydrogen-bond acceptors (Lipinski definition) is 2. The molecular formula is C9H6FNO. The van der Waals surface area contributed by atoms with E-state index in [0.29, 0.717) is 5.56 Å². The van der Waals surface area contributed by atoms with Crippen molar-refractivity contribution in [2.24, 2.45) is 4.99 Å². The minimum Gasteiger partial charge on any atom is -0.211 e. The molecule has 0 amide bonds. The Morgan fingerprint density at radius 1 is 1.42 bits per heavy atom. The molecule has 0 aliphatic rings. The number of benzene rings is 1. The summed E-state index contributed by atoms with van der Waals surface area (Å²) in [5, 5.41) is 0. The molecule has 0 saturated heterocycles. The lowest BCUT2D eigenvalue weighted by atomic mass is 10.2. The third kappa shape index (κ3) is 2.15. The molecule has 0 aromatic heterocycles. The molecular weight excluding hydrogens is 157 g/mol. The molecule has 1 rings (SSSR count). The van der Waals surface area contributed by atoms with Gasteiger partial charge in [0, 0.05) is 11.8 Å². The van der Waals surface area contributed by atoms with Gasteiger partial charge in [-0.2, -0.15) is 4.99 Å². The van der Waals surface area contributed by atoms with E-state index in [1.807, 2.05) is 0 Å². The molecule has 0 aliphatic heterocycles. The van der Waals surface area contributed by atoms with Crippen LogP contribution in [-0.4, -0.2) is 6.08 Å². The van der Waals surface area contributed by atoms with Crippen LogP contribution in [0.4, 0.5) is 4.39 Å². The third-order valence-corrected chi connectivity index (χ3v) is 1.29. The van der Waals surface area contributed by atoms with E-state index in [1.165, 1.54) is 24.4 Å². The van der Waals surface area contributed by atoms with E-state index in [-0.39, 0.29) is 5.82 Å². The van der Waals surface area contributed by atoms with E-state index < -0.39 is 0 Å². The highest BCUT2D eigenvalue weighted by Crippen LogP contribution is 2.07. The van der Waals surface area contributed by atoms with Gasteiger partial charge in [-0.1, -0.05) is 18.2 Å². The van der Waals surface area contributed by atoms with Crippen molar-refractivity contribution in [3.63, 3.8) is 0 Å². The average Bonchev–Trinajstić information content (AvgIpc) is 2.09. The largest absolute Gasteiger partial charge is 0.239 e. The zero-order valence-electron chi connectivity index (χ0n) is 6.20. The average molecular weight is 163 g/mol. The van der Waals surface area contributed by atoms with Gasteiger partial charge < -0.3 is 0 Å². The first-order valence-electron chi connectivity index (χ1n) is 3.32. The van der Waals surface area contributed by atoms with E-state index in [0.717, 1.165) is 0 Å². The Kier molecular flexibility index (Phi) is 2.94. The fourth-order valence-corrected chi connectivity index (χ4v) is 0.758. The Hall–Kier alpha value is -1.73. The Morgan fingerprint density at radius 2 is 2.17 bits per heavy atom. The maximum absolute atomic E-state index is 12.8. The lowest BCUT2D eigenvalue weighted by molar-refractivity contribution is 0.565. The molecule has 0 radical (unpaired) electrons. The van der Waals surface area contributed by atoms with Gasteiger partial charge in [-0.3, -0.25) is 0 Å². The second kappa shape index (κ2) is 4.21. The van der Waals surface area contributed by atoms with Crippen LogP contribution in [0.25, 0.3) is 6.08 Å². The first-order valence-corrected chi connectivity index (χ1v) is 3.32. The van der Waals surface area contributed by atoms with E-state index >= 15 is 0 Å². The van der Waals surface area contributed by atoms with Gasteiger partial charge in [0.25, 0.3) is 0 Å². The maximum Gasteiger partial charge on any atom is 0.239 e. The first kappa shape index (κ1) is 8.37. The summed E-state index contributed by atoms with van der Waals surface area (Å²) in [6.45, 7) is 0. The Labute approximate surface area is 69.1 Å². The molecule has 0 spiro atoms. The van der Waals surface area contributed by atoms with Gasteiger partial charge in [0.1, 0.15) is 5.82 Å². The van der Waals surface area contributed by atoms with Crippen molar-refractivity contribution in [3.05, 3.63) is 41.8 Å². The van der Waals surface area contributed by atoms with Crippen LogP contribution in [0.2, 0.25) is 0 Å². The van der Waals surface area contributed by atoms with Crippen LogP contribution in [0.15, 0.2) is 35.5 Å². The van der Waals surface area contributed by atoms with Gasteiger partial charge in [-0.15, -0.1) is 0 Å². The van der Waals surface area contributed by atoms with Gasteiger partial charge >= 0.3 is 0 Å². The smallest absolute Gasteiger partial charge is 0.211 e. The van der Waals surface area contributed by atoms with Gasteiger partial charge in [0.2, 0.25) is 6.08 Å². The molecule has 12 heavy (non-hydrogen) atoms.